The Morgan fingerprint density at radius 3 is 2.79 bits per heavy atom. The second kappa shape index (κ2) is 4.11. The molecule has 0 spiro atoms. The number of hydrogen-bond donors (Lipinski definition) is 0. The highest BCUT2D eigenvalue weighted by Gasteiger charge is 2.07. The largest absolute Gasteiger partial charge is 0.496 e. The summed E-state index contributed by atoms with van der Waals surface area (Å²) in [7, 11) is 1.67. The average Bonchev–Trinajstić information content (AvgIpc) is 2.65. The molecule has 1 aromatic heterocycles. The number of aromatic nitrogens is 1. The third kappa shape index (κ3) is 1.81. The summed E-state index contributed by atoms with van der Waals surface area (Å²) in [5.41, 5.74) is 1.97. The van der Waals surface area contributed by atoms with E-state index in [1.807, 2.05) is 30.3 Å². The van der Waals surface area contributed by atoms with E-state index in [0.29, 0.717) is 0 Å². The molecule has 2 rings (SSSR count). The number of methoxy groups -OCH3 is 1. The molecule has 1 heterocycles. The highest BCUT2D eigenvalue weighted by molar-refractivity contribution is 9.11. The second-order valence-electron chi connectivity index (χ2n) is 2.72. The summed E-state index contributed by atoms with van der Waals surface area (Å²) < 4.78 is 10.6. The van der Waals surface area contributed by atoms with Crippen molar-refractivity contribution in [2.45, 2.75) is 0 Å². The van der Waals surface area contributed by atoms with Gasteiger partial charge in [-0.05, 0) is 45.7 Å². The van der Waals surface area contributed by atoms with Gasteiger partial charge < -0.3 is 4.74 Å². The van der Waals surface area contributed by atoms with Crippen LogP contribution >= 0.6 is 27.5 Å². The van der Waals surface area contributed by atoms with Crippen LogP contribution < -0.4 is 4.74 Å². The SMILES string of the molecule is COc1ccccc1-c1cc(Br)sn1. The fourth-order valence-corrected chi connectivity index (χ4v) is 2.17. The van der Waals surface area contributed by atoms with Gasteiger partial charge in [0.2, 0.25) is 0 Å². The zero-order valence-corrected chi connectivity index (χ0v) is 9.93. The van der Waals surface area contributed by atoms with Crippen molar-refractivity contribution >= 4 is 27.5 Å². The van der Waals surface area contributed by atoms with Gasteiger partial charge in [0.25, 0.3) is 0 Å². The van der Waals surface area contributed by atoms with Crippen molar-refractivity contribution in [3.8, 4) is 17.0 Å². The first-order chi connectivity index (χ1) is 6.81. The molecule has 0 N–H and O–H groups in total. The Bertz CT molecular complexity index is 441. The van der Waals surface area contributed by atoms with Gasteiger partial charge in [0.1, 0.15) is 5.75 Å². The lowest BCUT2D eigenvalue weighted by Crippen LogP contribution is -1.86. The van der Waals surface area contributed by atoms with Crippen LogP contribution in [-0.2, 0) is 0 Å². The zero-order valence-electron chi connectivity index (χ0n) is 7.53. The summed E-state index contributed by atoms with van der Waals surface area (Å²) in [6, 6.07) is 9.85. The molecule has 0 saturated carbocycles. The van der Waals surface area contributed by atoms with Crippen LogP contribution in [0.2, 0.25) is 0 Å². The third-order valence-electron chi connectivity index (χ3n) is 1.86. The Hall–Kier alpha value is -0.870. The third-order valence-corrected chi connectivity index (χ3v) is 3.11. The van der Waals surface area contributed by atoms with Gasteiger partial charge in [0, 0.05) is 5.56 Å². The highest BCUT2D eigenvalue weighted by Crippen LogP contribution is 2.31. The topological polar surface area (TPSA) is 22.1 Å². The van der Waals surface area contributed by atoms with Gasteiger partial charge in [-0.25, -0.2) is 0 Å². The van der Waals surface area contributed by atoms with Crippen molar-refractivity contribution in [3.05, 3.63) is 34.1 Å². The molecule has 0 fully saturated rings. The minimum absolute atomic E-state index is 0.852. The summed E-state index contributed by atoms with van der Waals surface area (Å²) in [6.07, 6.45) is 0. The van der Waals surface area contributed by atoms with E-state index in [1.165, 1.54) is 11.5 Å². The van der Waals surface area contributed by atoms with Crippen LogP contribution in [0.3, 0.4) is 0 Å². The molecular weight excluding hydrogens is 262 g/mol. The van der Waals surface area contributed by atoms with Crippen LogP contribution in [0.15, 0.2) is 34.1 Å². The van der Waals surface area contributed by atoms with E-state index in [4.69, 9.17) is 4.74 Å². The number of nitrogens with zero attached hydrogens (tertiary/aromatic N) is 1. The molecule has 0 saturated heterocycles. The summed E-state index contributed by atoms with van der Waals surface area (Å²) in [5, 5.41) is 0. The lowest BCUT2D eigenvalue weighted by Gasteiger charge is -2.04. The highest BCUT2D eigenvalue weighted by atomic mass is 79.9. The van der Waals surface area contributed by atoms with E-state index in [1.54, 1.807) is 7.11 Å². The van der Waals surface area contributed by atoms with Gasteiger partial charge >= 0.3 is 0 Å². The van der Waals surface area contributed by atoms with E-state index in [9.17, 15) is 0 Å². The summed E-state index contributed by atoms with van der Waals surface area (Å²) in [6.45, 7) is 0. The maximum atomic E-state index is 5.26. The molecule has 0 aliphatic rings. The predicted molar refractivity (Wildman–Crippen MR) is 61.8 cm³/mol. The maximum absolute atomic E-state index is 5.26. The van der Waals surface area contributed by atoms with Gasteiger partial charge in [0.05, 0.1) is 16.6 Å². The van der Waals surface area contributed by atoms with Crippen molar-refractivity contribution in [1.82, 2.24) is 4.37 Å². The molecule has 14 heavy (non-hydrogen) atoms. The van der Waals surface area contributed by atoms with E-state index in [2.05, 4.69) is 20.3 Å². The van der Waals surface area contributed by atoms with Crippen LogP contribution in [0, 0.1) is 0 Å². The second-order valence-corrected chi connectivity index (χ2v) is 4.90. The van der Waals surface area contributed by atoms with Gasteiger partial charge in [-0.2, -0.15) is 4.37 Å². The maximum Gasteiger partial charge on any atom is 0.128 e. The molecule has 0 amide bonds. The molecule has 0 bridgehead atoms. The van der Waals surface area contributed by atoms with Gasteiger partial charge in [-0.15, -0.1) is 0 Å². The molecule has 2 nitrogen and oxygen atoms in total. The Labute approximate surface area is 94.8 Å². The Morgan fingerprint density at radius 2 is 2.14 bits per heavy atom. The van der Waals surface area contributed by atoms with Crippen molar-refractivity contribution in [1.29, 1.82) is 0 Å². The zero-order chi connectivity index (χ0) is 9.97. The molecule has 4 heteroatoms. The van der Waals surface area contributed by atoms with Crippen molar-refractivity contribution in [2.75, 3.05) is 7.11 Å². The summed E-state index contributed by atoms with van der Waals surface area (Å²) in [4.78, 5) is 0. The Balaban J connectivity index is 2.50. The molecule has 0 aliphatic carbocycles. The van der Waals surface area contributed by atoms with E-state index < -0.39 is 0 Å². The smallest absolute Gasteiger partial charge is 0.128 e. The number of halogens is 1. The number of benzene rings is 1. The monoisotopic (exact) mass is 269 g/mol. The lowest BCUT2D eigenvalue weighted by atomic mass is 10.1. The predicted octanol–water partition coefficient (Wildman–Crippen LogP) is 3.58. The molecule has 0 unspecified atom stereocenters. The average molecular weight is 270 g/mol. The van der Waals surface area contributed by atoms with Crippen LogP contribution in [0.1, 0.15) is 0 Å². The minimum Gasteiger partial charge on any atom is -0.496 e. The van der Waals surface area contributed by atoms with Crippen molar-refractivity contribution in [3.63, 3.8) is 0 Å². The molecule has 72 valence electrons. The Morgan fingerprint density at radius 1 is 1.36 bits per heavy atom. The van der Waals surface area contributed by atoms with Crippen molar-refractivity contribution < 1.29 is 4.74 Å². The summed E-state index contributed by atoms with van der Waals surface area (Å²) in [5.74, 6) is 0.852. The molecular formula is C10H8BrNOS. The molecule has 0 atom stereocenters. The van der Waals surface area contributed by atoms with Gasteiger partial charge in [-0.1, -0.05) is 12.1 Å². The summed E-state index contributed by atoms with van der Waals surface area (Å²) >= 11 is 4.82. The van der Waals surface area contributed by atoms with E-state index in [-0.39, 0.29) is 0 Å². The standard InChI is InChI=1S/C10H8BrNOS/c1-13-9-5-3-2-4-7(9)8-6-10(11)14-12-8/h2-6H,1H3. The minimum atomic E-state index is 0.852. The normalized spacial score (nSPS) is 10.1. The number of para-hydroxylation sites is 1. The molecule has 2 aromatic rings. The fraction of sp³-hybridized carbons (Fsp3) is 0.100. The lowest BCUT2D eigenvalue weighted by molar-refractivity contribution is 0.416. The van der Waals surface area contributed by atoms with Crippen LogP contribution in [-0.4, -0.2) is 11.5 Å². The molecule has 0 radical (unpaired) electrons. The van der Waals surface area contributed by atoms with Gasteiger partial charge in [0.15, 0.2) is 0 Å². The fourth-order valence-electron chi connectivity index (χ4n) is 1.24. The quantitative estimate of drug-likeness (QED) is 0.832. The van der Waals surface area contributed by atoms with E-state index in [0.717, 1.165) is 20.8 Å². The number of ether oxygens (including phenoxy) is 1. The first-order valence-corrected chi connectivity index (χ1v) is 5.63. The van der Waals surface area contributed by atoms with Crippen molar-refractivity contribution in [2.24, 2.45) is 0 Å². The number of hydrogen-bond acceptors (Lipinski definition) is 3. The first kappa shape index (κ1) is 9.68. The first-order valence-electron chi connectivity index (χ1n) is 4.07. The number of rotatable bonds is 2. The van der Waals surface area contributed by atoms with Crippen LogP contribution in [0.25, 0.3) is 11.3 Å². The van der Waals surface area contributed by atoms with Crippen LogP contribution in [0.4, 0.5) is 0 Å². The molecule has 0 aliphatic heterocycles. The van der Waals surface area contributed by atoms with E-state index >= 15 is 0 Å². The van der Waals surface area contributed by atoms with Gasteiger partial charge in [-0.3, -0.25) is 0 Å². The van der Waals surface area contributed by atoms with Crippen LogP contribution in [0.5, 0.6) is 5.75 Å². The Kier molecular flexibility index (Phi) is 2.84. The molecule has 1 aromatic carbocycles.